The van der Waals surface area contributed by atoms with Crippen molar-refractivity contribution in [2.24, 2.45) is 22.7 Å². The molecule has 1 saturated carbocycles. The summed E-state index contributed by atoms with van der Waals surface area (Å²) in [5, 5.41) is 0. The van der Waals surface area contributed by atoms with Gasteiger partial charge in [0.15, 0.2) is 0 Å². The zero-order valence-corrected chi connectivity index (χ0v) is 32.5. The van der Waals surface area contributed by atoms with Crippen LogP contribution >= 0.6 is 0 Å². The van der Waals surface area contributed by atoms with E-state index in [9.17, 15) is 0 Å². The van der Waals surface area contributed by atoms with Gasteiger partial charge in [-0.25, -0.2) is 0 Å². The van der Waals surface area contributed by atoms with Gasteiger partial charge in [0.1, 0.15) is 0 Å². The van der Waals surface area contributed by atoms with Gasteiger partial charge < -0.3 is 0 Å². The summed E-state index contributed by atoms with van der Waals surface area (Å²) in [6, 6.07) is 42.5. The van der Waals surface area contributed by atoms with E-state index in [-0.39, 0.29) is 10.8 Å². The number of allylic oxidation sites excluding steroid dienone is 4. The van der Waals surface area contributed by atoms with Gasteiger partial charge in [0.2, 0.25) is 0 Å². The van der Waals surface area contributed by atoms with Crippen LogP contribution in [-0.4, -0.2) is 0 Å². The van der Waals surface area contributed by atoms with Crippen LogP contribution in [0.2, 0.25) is 0 Å². The average Bonchev–Trinajstić information content (AvgIpc) is 3.84. The Balaban J connectivity index is 1.33. The Morgan fingerprint density at radius 2 is 0.882 bits per heavy atom. The van der Waals surface area contributed by atoms with Gasteiger partial charge in [0.25, 0.3) is 0 Å². The third kappa shape index (κ3) is 10.2. The minimum atomic E-state index is 0.140. The summed E-state index contributed by atoms with van der Waals surface area (Å²) >= 11 is 0. The molecule has 51 heavy (non-hydrogen) atoms. The number of rotatable bonds is 14. The van der Waals surface area contributed by atoms with Gasteiger partial charge >= 0.3 is 0 Å². The lowest BCUT2D eigenvalue weighted by Crippen LogP contribution is -2.24. The van der Waals surface area contributed by atoms with E-state index in [1.54, 1.807) is 0 Å². The summed E-state index contributed by atoms with van der Waals surface area (Å²) in [6.45, 7) is 14.7. The van der Waals surface area contributed by atoms with E-state index in [1.165, 1.54) is 65.5 Å². The Hall–Kier alpha value is -3.64. The fraction of sp³-hybridized carbons (Fsp3) is 0.451. The third-order valence-corrected chi connectivity index (χ3v) is 12.3. The molecule has 0 heteroatoms. The van der Waals surface area contributed by atoms with Crippen molar-refractivity contribution >= 4 is 0 Å². The fourth-order valence-corrected chi connectivity index (χ4v) is 9.28. The Kier molecular flexibility index (Phi) is 12.2. The highest BCUT2D eigenvalue weighted by atomic mass is 14.4. The maximum Gasteiger partial charge on any atom is -0.000683 e. The van der Waals surface area contributed by atoms with E-state index in [0.29, 0.717) is 29.6 Å². The van der Waals surface area contributed by atoms with Crippen LogP contribution in [0.15, 0.2) is 133 Å². The first-order valence-electron chi connectivity index (χ1n) is 20.2. The van der Waals surface area contributed by atoms with Crippen molar-refractivity contribution in [3.63, 3.8) is 0 Å². The highest BCUT2D eigenvalue weighted by Gasteiger charge is 2.34. The molecular weight excluding hydrogens is 613 g/mol. The van der Waals surface area contributed by atoms with Gasteiger partial charge in [-0.2, -0.15) is 0 Å². The molecule has 268 valence electrons. The van der Waals surface area contributed by atoms with Crippen molar-refractivity contribution in [3.05, 3.63) is 167 Å². The van der Waals surface area contributed by atoms with Crippen LogP contribution in [0.4, 0.5) is 0 Å². The highest BCUT2D eigenvalue weighted by Crippen LogP contribution is 2.49. The molecule has 4 aromatic carbocycles. The second-order valence-electron chi connectivity index (χ2n) is 18.2. The van der Waals surface area contributed by atoms with E-state index in [2.05, 4.69) is 175 Å². The van der Waals surface area contributed by atoms with E-state index in [4.69, 9.17) is 0 Å². The smallest absolute Gasteiger partial charge is 0.000683 e. The van der Waals surface area contributed by atoms with Crippen LogP contribution in [0.25, 0.3) is 0 Å². The summed E-state index contributed by atoms with van der Waals surface area (Å²) in [7, 11) is 0. The molecule has 1 fully saturated rings. The summed E-state index contributed by atoms with van der Waals surface area (Å²) in [6.07, 6.45) is 20.4. The number of hydrogen-bond donors (Lipinski definition) is 0. The monoisotopic (exact) mass is 677 g/mol. The topological polar surface area (TPSA) is 0 Å². The van der Waals surface area contributed by atoms with Gasteiger partial charge in [0, 0.05) is 0 Å². The number of benzene rings is 4. The summed E-state index contributed by atoms with van der Waals surface area (Å²) in [5.74, 6) is 3.22. The van der Waals surface area contributed by atoms with Crippen LogP contribution in [0.1, 0.15) is 144 Å². The maximum atomic E-state index is 2.51. The Morgan fingerprint density at radius 1 is 0.471 bits per heavy atom. The predicted octanol–water partition coefficient (Wildman–Crippen LogP) is 14.4. The van der Waals surface area contributed by atoms with Crippen molar-refractivity contribution in [2.45, 2.75) is 123 Å². The lowest BCUT2D eigenvalue weighted by Gasteiger charge is -2.38. The molecule has 0 spiro atoms. The van der Waals surface area contributed by atoms with E-state index in [0.717, 1.165) is 31.6 Å². The molecule has 0 bridgehead atoms. The molecule has 4 atom stereocenters. The third-order valence-electron chi connectivity index (χ3n) is 12.3. The van der Waals surface area contributed by atoms with Gasteiger partial charge in [0.05, 0.1) is 0 Å². The summed E-state index contributed by atoms with van der Waals surface area (Å²) in [5.41, 5.74) is 9.20. The average molecular weight is 677 g/mol. The fourth-order valence-electron chi connectivity index (χ4n) is 9.28. The largest absolute Gasteiger partial charge is 0.0773 e. The lowest BCUT2D eigenvalue weighted by molar-refractivity contribution is 0.262. The zero-order chi connectivity index (χ0) is 35.8. The first kappa shape index (κ1) is 37.1. The van der Waals surface area contributed by atoms with Crippen LogP contribution in [-0.2, 0) is 12.8 Å². The quantitative estimate of drug-likeness (QED) is 0.125. The van der Waals surface area contributed by atoms with E-state index < -0.39 is 0 Å². The molecule has 0 amide bonds. The first-order valence-corrected chi connectivity index (χ1v) is 20.2. The van der Waals surface area contributed by atoms with Crippen LogP contribution in [0.5, 0.6) is 0 Å². The molecule has 0 heterocycles. The Labute approximate surface area is 311 Å². The predicted molar refractivity (Wildman–Crippen MR) is 221 cm³/mol. The highest BCUT2D eigenvalue weighted by molar-refractivity contribution is 5.33. The molecule has 0 N–H and O–H groups in total. The molecule has 4 unspecified atom stereocenters. The zero-order valence-electron chi connectivity index (χ0n) is 32.5. The summed E-state index contributed by atoms with van der Waals surface area (Å²) in [4.78, 5) is 0. The van der Waals surface area contributed by atoms with E-state index in [1.807, 2.05) is 0 Å². The van der Waals surface area contributed by atoms with Crippen LogP contribution in [0.3, 0.4) is 0 Å². The van der Waals surface area contributed by atoms with Crippen molar-refractivity contribution in [1.29, 1.82) is 0 Å². The van der Waals surface area contributed by atoms with Crippen molar-refractivity contribution < 1.29 is 0 Å². The minimum Gasteiger partial charge on any atom is -0.0773 e. The minimum absolute atomic E-state index is 0.140. The molecule has 0 aromatic heterocycles. The molecule has 2 aliphatic carbocycles. The Morgan fingerprint density at radius 3 is 1.37 bits per heavy atom. The SMILES string of the molecule is CC(C)(C)C(CC(CC(CC(c1ccc(CC2C=CC=C2)cc1)C(C)(C)C)c1ccccc1)c1ccc(CC2CCCC2)cc1)c1ccccc1. The van der Waals surface area contributed by atoms with Crippen molar-refractivity contribution in [3.8, 4) is 0 Å². The van der Waals surface area contributed by atoms with Crippen LogP contribution < -0.4 is 0 Å². The maximum absolute atomic E-state index is 2.51. The second kappa shape index (κ2) is 16.8. The van der Waals surface area contributed by atoms with Crippen LogP contribution in [0, 0.1) is 22.7 Å². The molecule has 0 saturated heterocycles. The summed E-state index contributed by atoms with van der Waals surface area (Å²) < 4.78 is 0. The van der Waals surface area contributed by atoms with Gasteiger partial charge in [-0.15, -0.1) is 0 Å². The first-order chi connectivity index (χ1) is 24.5. The molecule has 0 radical (unpaired) electrons. The van der Waals surface area contributed by atoms with Crippen molar-refractivity contribution in [1.82, 2.24) is 0 Å². The number of hydrogen-bond acceptors (Lipinski definition) is 0. The molecular formula is C51H64. The molecule has 6 rings (SSSR count). The van der Waals surface area contributed by atoms with Gasteiger partial charge in [-0.1, -0.05) is 201 Å². The molecule has 2 aliphatic rings. The lowest BCUT2D eigenvalue weighted by atomic mass is 9.66. The normalized spacial score (nSPS) is 17.8. The molecule has 0 nitrogen and oxygen atoms in total. The van der Waals surface area contributed by atoms with Gasteiger partial charge in [-0.05, 0) is 112 Å². The van der Waals surface area contributed by atoms with Crippen molar-refractivity contribution in [2.75, 3.05) is 0 Å². The van der Waals surface area contributed by atoms with Gasteiger partial charge in [-0.3, -0.25) is 0 Å². The molecule has 4 aromatic rings. The second-order valence-corrected chi connectivity index (χ2v) is 18.2. The molecule has 0 aliphatic heterocycles. The Bertz CT molecular complexity index is 1660. The standard InChI is InChI=1S/C51H64/c1-50(2,3)48(44-23-11-8-12-24-44)37-47(43-29-25-40(26-30-43)33-38-17-13-14-18-38)35-46(42-21-9-7-10-22-42)36-49(51(4,5)6)45-31-27-41(28-32-45)34-39-19-15-16-20-39/h7-12,15-16,19-32,38-39,46-49H,13-14,17-18,33-37H2,1-6H3. The van der Waals surface area contributed by atoms with E-state index >= 15 is 0 Å².